The molecule has 0 saturated carbocycles. The van der Waals surface area contributed by atoms with E-state index in [2.05, 4.69) is 5.32 Å². The molecule has 1 N–H and O–H groups in total. The van der Waals surface area contributed by atoms with E-state index in [0.29, 0.717) is 11.5 Å². The van der Waals surface area contributed by atoms with Gasteiger partial charge in [-0.1, -0.05) is 12.1 Å². The first-order valence-corrected chi connectivity index (χ1v) is 8.88. The summed E-state index contributed by atoms with van der Waals surface area (Å²) in [6.45, 7) is 0.180. The van der Waals surface area contributed by atoms with Crippen LogP contribution >= 0.6 is 0 Å². The lowest BCUT2D eigenvalue weighted by molar-refractivity contribution is -0.383. The van der Waals surface area contributed by atoms with Gasteiger partial charge >= 0.3 is 0 Å². The molecule has 30 heavy (non-hydrogen) atoms. The lowest BCUT2D eigenvalue weighted by atomic mass is 10.2. The van der Waals surface area contributed by atoms with Crippen LogP contribution in [0.25, 0.3) is 0 Å². The second-order valence-electron chi connectivity index (χ2n) is 6.33. The third-order valence-electron chi connectivity index (χ3n) is 4.36. The maximum absolute atomic E-state index is 12.6. The Hall–Kier alpha value is -4.14. The van der Waals surface area contributed by atoms with Gasteiger partial charge in [-0.15, -0.1) is 0 Å². The van der Waals surface area contributed by atoms with Crippen LogP contribution in [0.4, 0.5) is 11.4 Å². The van der Waals surface area contributed by atoms with E-state index in [1.54, 1.807) is 24.3 Å². The first-order chi connectivity index (χ1) is 14.4. The number of anilines is 1. The van der Waals surface area contributed by atoms with Crippen molar-refractivity contribution in [1.29, 1.82) is 0 Å². The van der Waals surface area contributed by atoms with Crippen molar-refractivity contribution < 1.29 is 19.2 Å². The van der Waals surface area contributed by atoms with Crippen molar-refractivity contribution in [1.82, 2.24) is 4.57 Å². The summed E-state index contributed by atoms with van der Waals surface area (Å²) in [7, 11) is 3.05. The number of rotatable bonds is 7. The highest BCUT2D eigenvalue weighted by atomic mass is 16.6. The number of nitro groups is 1. The summed E-state index contributed by atoms with van der Waals surface area (Å²) in [6.07, 6.45) is 1.40. The highest BCUT2D eigenvalue weighted by Gasteiger charge is 2.16. The zero-order chi connectivity index (χ0) is 21.7. The van der Waals surface area contributed by atoms with Crippen LogP contribution in [0.15, 0.2) is 65.6 Å². The number of nitro benzene ring substituents is 1. The van der Waals surface area contributed by atoms with E-state index in [0.717, 1.165) is 5.56 Å². The second kappa shape index (κ2) is 8.91. The Morgan fingerprint density at radius 2 is 1.73 bits per heavy atom. The smallest absolute Gasteiger partial charge is 0.292 e. The minimum atomic E-state index is -0.577. The number of nitrogens with one attached hydrogen (secondary N) is 1. The topological polar surface area (TPSA) is 113 Å². The number of methoxy groups -OCH3 is 2. The van der Waals surface area contributed by atoms with Gasteiger partial charge in [-0.2, -0.15) is 0 Å². The number of aromatic nitrogens is 1. The summed E-state index contributed by atoms with van der Waals surface area (Å²) >= 11 is 0. The lowest BCUT2D eigenvalue weighted by Gasteiger charge is -2.11. The average Bonchev–Trinajstić information content (AvgIpc) is 2.75. The Bertz CT molecular complexity index is 1130. The zero-order valence-electron chi connectivity index (χ0n) is 16.3. The van der Waals surface area contributed by atoms with E-state index < -0.39 is 10.8 Å². The number of benzene rings is 2. The molecule has 1 aromatic heterocycles. The van der Waals surface area contributed by atoms with Gasteiger partial charge in [0.1, 0.15) is 17.2 Å². The van der Waals surface area contributed by atoms with Crippen molar-refractivity contribution in [3.8, 4) is 11.5 Å². The maximum atomic E-state index is 12.6. The predicted molar refractivity (Wildman–Crippen MR) is 110 cm³/mol. The summed E-state index contributed by atoms with van der Waals surface area (Å²) < 4.78 is 11.8. The lowest BCUT2D eigenvalue weighted by Crippen LogP contribution is -2.22. The van der Waals surface area contributed by atoms with E-state index in [9.17, 15) is 19.7 Å². The Balaban J connectivity index is 1.88. The monoisotopic (exact) mass is 409 g/mol. The second-order valence-corrected chi connectivity index (χ2v) is 6.33. The first-order valence-electron chi connectivity index (χ1n) is 8.88. The third kappa shape index (κ3) is 4.64. The van der Waals surface area contributed by atoms with Crippen molar-refractivity contribution in [3.63, 3.8) is 0 Å². The Morgan fingerprint density at radius 1 is 1.07 bits per heavy atom. The highest BCUT2D eigenvalue weighted by molar-refractivity contribution is 6.05. The highest BCUT2D eigenvalue weighted by Crippen LogP contribution is 2.24. The number of carbonyl (C=O) groups is 1. The summed E-state index contributed by atoms with van der Waals surface area (Å²) in [5, 5.41) is 13.7. The molecule has 0 spiro atoms. The summed E-state index contributed by atoms with van der Waals surface area (Å²) in [4.78, 5) is 35.5. The van der Waals surface area contributed by atoms with Crippen LogP contribution < -0.4 is 20.3 Å². The molecule has 0 fully saturated rings. The summed E-state index contributed by atoms with van der Waals surface area (Å²) in [6, 6.07) is 13.7. The van der Waals surface area contributed by atoms with E-state index in [-0.39, 0.29) is 29.0 Å². The van der Waals surface area contributed by atoms with Gasteiger partial charge in [-0.05, 0) is 29.8 Å². The Labute approximate surface area is 171 Å². The zero-order valence-corrected chi connectivity index (χ0v) is 16.3. The van der Waals surface area contributed by atoms with Gasteiger partial charge in [0.05, 0.1) is 31.3 Å². The third-order valence-corrected chi connectivity index (χ3v) is 4.36. The van der Waals surface area contributed by atoms with Crippen LogP contribution in [-0.4, -0.2) is 29.6 Å². The van der Waals surface area contributed by atoms with Gasteiger partial charge in [0.15, 0.2) is 0 Å². The number of ether oxygens (including phenoxy) is 2. The van der Waals surface area contributed by atoms with Gasteiger partial charge in [-0.25, -0.2) is 0 Å². The van der Waals surface area contributed by atoms with E-state index in [1.165, 1.54) is 55.3 Å². The molecule has 1 heterocycles. The molecule has 9 nitrogen and oxygen atoms in total. The number of hydrogen-bond donors (Lipinski definition) is 1. The van der Waals surface area contributed by atoms with Gasteiger partial charge in [0.25, 0.3) is 17.2 Å². The van der Waals surface area contributed by atoms with Crippen molar-refractivity contribution >= 4 is 17.3 Å². The number of pyridine rings is 1. The number of amides is 1. The quantitative estimate of drug-likeness (QED) is 0.474. The molecule has 1 amide bonds. The van der Waals surface area contributed by atoms with Crippen LogP contribution in [-0.2, 0) is 6.54 Å². The largest absolute Gasteiger partial charge is 0.497 e. The van der Waals surface area contributed by atoms with Crippen LogP contribution in [0.1, 0.15) is 15.9 Å². The molecule has 0 bridgehead atoms. The van der Waals surface area contributed by atoms with Crippen LogP contribution in [0.5, 0.6) is 11.5 Å². The fourth-order valence-electron chi connectivity index (χ4n) is 2.88. The molecule has 3 aromatic rings. The molecule has 3 rings (SSSR count). The molecular weight excluding hydrogens is 390 g/mol. The molecule has 0 saturated heterocycles. The normalized spacial score (nSPS) is 10.3. The SMILES string of the molecule is COc1cc(Cn2cc(C(=O)Nc3ccccc3[N+](=O)[O-])ccc2=O)cc(OC)c1. The van der Waals surface area contributed by atoms with E-state index >= 15 is 0 Å². The number of hydrogen-bond acceptors (Lipinski definition) is 6. The summed E-state index contributed by atoms with van der Waals surface area (Å²) in [5.74, 6) is 0.576. The molecule has 2 aromatic carbocycles. The fraction of sp³-hybridized carbons (Fsp3) is 0.143. The van der Waals surface area contributed by atoms with E-state index in [1.807, 2.05) is 0 Å². The first kappa shape index (κ1) is 20.6. The van der Waals surface area contributed by atoms with Crippen LogP contribution in [0, 0.1) is 10.1 Å². The molecular formula is C21H19N3O6. The molecule has 0 aliphatic heterocycles. The molecule has 0 aliphatic carbocycles. The van der Waals surface area contributed by atoms with E-state index in [4.69, 9.17) is 9.47 Å². The van der Waals surface area contributed by atoms with Crippen molar-refractivity contribution in [2.75, 3.05) is 19.5 Å². The van der Waals surface area contributed by atoms with Crippen molar-refractivity contribution in [3.05, 3.63) is 92.4 Å². The number of nitrogens with zero attached hydrogens (tertiary/aromatic N) is 2. The molecule has 0 radical (unpaired) electrons. The average molecular weight is 409 g/mol. The standard InChI is InChI=1S/C21H19N3O6/c1-29-16-9-14(10-17(11-16)30-2)12-23-13-15(7-8-20(23)25)21(26)22-18-5-3-4-6-19(18)24(27)28/h3-11,13H,12H2,1-2H3,(H,22,26). The molecule has 154 valence electrons. The summed E-state index contributed by atoms with van der Waals surface area (Å²) in [5.41, 5.74) is 0.469. The fourth-order valence-corrected chi connectivity index (χ4v) is 2.88. The molecule has 0 aliphatic rings. The minimum absolute atomic E-state index is 0.0720. The van der Waals surface area contributed by atoms with Gasteiger partial charge in [0.2, 0.25) is 0 Å². The molecule has 0 atom stereocenters. The van der Waals surface area contributed by atoms with Crippen molar-refractivity contribution in [2.24, 2.45) is 0 Å². The van der Waals surface area contributed by atoms with Crippen LogP contribution in [0.2, 0.25) is 0 Å². The van der Waals surface area contributed by atoms with Crippen molar-refractivity contribution in [2.45, 2.75) is 6.54 Å². The molecule has 0 unspecified atom stereocenters. The van der Waals surface area contributed by atoms with Gasteiger partial charge in [0, 0.05) is 24.4 Å². The Kier molecular flexibility index (Phi) is 6.11. The Morgan fingerprint density at radius 3 is 2.37 bits per heavy atom. The predicted octanol–water partition coefficient (Wildman–Crippen LogP) is 3.07. The van der Waals surface area contributed by atoms with Gasteiger partial charge in [-0.3, -0.25) is 19.7 Å². The minimum Gasteiger partial charge on any atom is -0.497 e. The maximum Gasteiger partial charge on any atom is 0.292 e. The molecule has 9 heteroatoms. The number of carbonyl (C=O) groups excluding carboxylic acids is 1. The van der Waals surface area contributed by atoms with Crippen LogP contribution in [0.3, 0.4) is 0 Å². The van der Waals surface area contributed by atoms with Gasteiger partial charge < -0.3 is 19.4 Å². The number of para-hydroxylation sites is 2.